The molecule has 4 rings (SSSR count). The van der Waals surface area contributed by atoms with E-state index in [4.69, 9.17) is 4.52 Å². The van der Waals surface area contributed by atoms with Crippen LogP contribution in [-0.2, 0) is 0 Å². The Morgan fingerprint density at radius 3 is 2.72 bits per heavy atom. The van der Waals surface area contributed by atoms with E-state index in [1.54, 1.807) is 6.20 Å². The zero-order valence-corrected chi connectivity index (χ0v) is 15.0. The molecular weight excluding hydrogens is 316 g/mol. The third kappa shape index (κ3) is 3.39. The molecule has 2 saturated heterocycles. The van der Waals surface area contributed by atoms with Gasteiger partial charge in [0.1, 0.15) is 5.82 Å². The van der Waals surface area contributed by atoms with E-state index in [1.165, 1.54) is 32.4 Å². The molecule has 0 spiro atoms. The lowest BCUT2D eigenvalue weighted by atomic mass is 10.0. The molecule has 0 bridgehead atoms. The van der Waals surface area contributed by atoms with Crippen molar-refractivity contribution in [2.75, 3.05) is 39.0 Å². The second kappa shape index (κ2) is 7.09. The van der Waals surface area contributed by atoms with Crippen LogP contribution in [0.4, 0.5) is 5.82 Å². The van der Waals surface area contributed by atoms with Crippen LogP contribution in [0.1, 0.15) is 37.6 Å². The van der Waals surface area contributed by atoms with Crippen molar-refractivity contribution in [2.24, 2.45) is 0 Å². The second-order valence-electron chi connectivity index (χ2n) is 7.07. The minimum Gasteiger partial charge on any atom is -0.373 e. The SMILES string of the molecule is CNc1ccc(-c2noc([C@H]3CCCN3C3CCN(C)CC3)n2)cn1. The summed E-state index contributed by atoms with van der Waals surface area (Å²) >= 11 is 0. The first-order chi connectivity index (χ1) is 12.2. The minimum atomic E-state index is 0.263. The van der Waals surface area contributed by atoms with Gasteiger partial charge in [0.15, 0.2) is 0 Å². The van der Waals surface area contributed by atoms with E-state index < -0.39 is 0 Å². The fraction of sp³-hybridized carbons (Fsp3) is 0.611. The van der Waals surface area contributed by atoms with E-state index >= 15 is 0 Å². The molecule has 0 aliphatic carbocycles. The number of pyridine rings is 1. The zero-order chi connectivity index (χ0) is 17.2. The van der Waals surface area contributed by atoms with Crippen LogP contribution in [0.2, 0.25) is 0 Å². The van der Waals surface area contributed by atoms with E-state index in [0.717, 1.165) is 30.2 Å². The molecule has 7 nitrogen and oxygen atoms in total. The molecule has 25 heavy (non-hydrogen) atoms. The molecule has 1 atom stereocenters. The average molecular weight is 342 g/mol. The Hall–Kier alpha value is -1.99. The van der Waals surface area contributed by atoms with Crippen LogP contribution >= 0.6 is 0 Å². The molecule has 2 aromatic heterocycles. The van der Waals surface area contributed by atoms with E-state index in [-0.39, 0.29) is 6.04 Å². The summed E-state index contributed by atoms with van der Waals surface area (Å²) in [6.45, 7) is 3.48. The zero-order valence-electron chi connectivity index (χ0n) is 15.0. The molecule has 134 valence electrons. The van der Waals surface area contributed by atoms with Crippen LogP contribution in [0.3, 0.4) is 0 Å². The monoisotopic (exact) mass is 342 g/mol. The summed E-state index contributed by atoms with van der Waals surface area (Å²) in [6.07, 6.45) is 6.54. The summed E-state index contributed by atoms with van der Waals surface area (Å²) < 4.78 is 5.65. The summed E-state index contributed by atoms with van der Waals surface area (Å²) in [4.78, 5) is 14.0. The molecule has 0 amide bonds. The molecule has 4 heterocycles. The van der Waals surface area contributed by atoms with Crippen molar-refractivity contribution in [3.63, 3.8) is 0 Å². The maximum Gasteiger partial charge on any atom is 0.244 e. The smallest absolute Gasteiger partial charge is 0.244 e. The van der Waals surface area contributed by atoms with Crippen LogP contribution in [0.15, 0.2) is 22.9 Å². The van der Waals surface area contributed by atoms with Gasteiger partial charge in [0.2, 0.25) is 11.7 Å². The lowest BCUT2D eigenvalue weighted by Crippen LogP contribution is -2.43. The molecule has 2 fully saturated rings. The Morgan fingerprint density at radius 2 is 2.00 bits per heavy atom. The predicted molar refractivity (Wildman–Crippen MR) is 96.3 cm³/mol. The van der Waals surface area contributed by atoms with Crippen LogP contribution in [0.25, 0.3) is 11.4 Å². The van der Waals surface area contributed by atoms with Gasteiger partial charge in [-0.2, -0.15) is 4.98 Å². The second-order valence-corrected chi connectivity index (χ2v) is 7.07. The summed E-state index contributed by atoms with van der Waals surface area (Å²) in [7, 11) is 4.06. The number of hydrogen-bond donors (Lipinski definition) is 1. The average Bonchev–Trinajstić information content (AvgIpc) is 3.31. The van der Waals surface area contributed by atoms with E-state index in [1.807, 2.05) is 19.2 Å². The van der Waals surface area contributed by atoms with Gasteiger partial charge in [-0.1, -0.05) is 5.16 Å². The molecule has 7 heteroatoms. The highest BCUT2D eigenvalue weighted by molar-refractivity contribution is 5.55. The van der Waals surface area contributed by atoms with Crippen molar-refractivity contribution >= 4 is 5.82 Å². The molecular formula is C18H26N6O. The maximum atomic E-state index is 5.65. The number of hydrogen-bond acceptors (Lipinski definition) is 7. The highest BCUT2D eigenvalue weighted by Gasteiger charge is 2.36. The standard InChI is InChI=1S/C18H26N6O/c1-19-16-6-5-13(12-20-16)17-21-18(25-22-17)15-4-3-9-24(15)14-7-10-23(2)11-8-14/h5-6,12,14-15H,3-4,7-11H2,1-2H3,(H,19,20)/t15-/m1/s1. The number of piperidine rings is 1. The highest BCUT2D eigenvalue weighted by Crippen LogP contribution is 2.36. The Morgan fingerprint density at radius 1 is 1.16 bits per heavy atom. The van der Waals surface area contributed by atoms with Crippen molar-refractivity contribution in [3.05, 3.63) is 24.2 Å². The molecule has 0 radical (unpaired) electrons. The van der Waals surface area contributed by atoms with Crippen LogP contribution < -0.4 is 5.32 Å². The topological polar surface area (TPSA) is 70.3 Å². The van der Waals surface area contributed by atoms with Crippen LogP contribution in [0.5, 0.6) is 0 Å². The van der Waals surface area contributed by atoms with E-state index in [2.05, 4.69) is 37.3 Å². The normalized spacial score (nSPS) is 23.2. The lowest BCUT2D eigenvalue weighted by Gasteiger charge is -2.37. The first-order valence-corrected chi connectivity index (χ1v) is 9.16. The van der Waals surface area contributed by atoms with Crippen molar-refractivity contribution < 1.29 is 4.52 Å². The van der Waals surface area contributed by atoms with Gasteiger partial charge in [-0.05, 0) is 64.5 Å². The first-order valence-electron chi connectivity index (χ1n) is 9.16. The molecule has 2 aromatic rings. The number of aromatic nitrogens is 3. The van der Waals surface area contributed by atoms with Gasteiger partial charge < -0.3 is 14.7 Å². The van der Waals surface area contributed by atoms with E-state index in [9.17, 15) is 0 Å². The van der Waals surface area contributed by atoms with Crippen LogP contribution in [0, 0.1) is 0 Å². The van der Waals surface area contributed by atoms with Gasteiger partial charge in [0.05, 0.1) is 6.04 Å². The predicted octanol–water partition coefficient (Wildman–Crippen LogP) is 2.40. The minimum absolute atomic E-state index is 0.263. The number of nitrogens with one attached hydrogen (secondary N) is 1. The molecule has 0 unspecified atom stereocenters. The summed E-state index contributed by atoms with van der Waals surface area (Å²) in [6, 6.07) is 4.79. The third-order valence-corrected chi connectivity index (χ3v) is 5.46. The number of anilines is 1. The first kappa shape index (κ1) is 16.5. The van der Waals surface area contributed by atoms with Gasteiger partial charge in [-0.3, -0.25) is 4.90 Å². The largest absolute Gasteiger partial charge is 0.373 e. The molecule has 1 N–H and O–H groups in total. The van der Waals surface area contributed by atoms with Crippen LogP contribution in [-0.4, -0.2) is 64.7 Å². The number of nitrogens with zero attached hydrogens (tertiary/aromatic N) is 5. The Bertz CT molecular complexity index is 692. The summed E-state index contributed by atoms with van der Waals surface area (Å²) in [5.74, 6) is 2.21. The number of rotatable bonds is 4. The number of likely N-dealkylation sites (tertiary alicyclic amines) is 2. The van der Waals surface area contributed by atoms with E-state index in [0.29, 0.717) is 11.9 Å². The van der Waals surface area contributed by atoms with Gasteiger partial charge in [-0.15, -0.1) is 0 Å². The van der Waals surface area contributed by atoms with Crippen molar-refractivity contribution in [1.29, 1.82) is 0 Å². The molecule has 0 aromatic carbocycles. The Balaban J connectivity index is 1.50. The Kier molecular flexibility index (Phi) is 4.67. The van der Waals surface area contributed by atoms with Gasteiger partial charge in [-0.25, -0.2) is 4.98 Å². The summed E-state index contributed by atoms with van der Waals surface area (Å²) in [5, 5.41) is 7.21. The summed E-state index contributed by atoms with van der Waals surface area (Å²) in [5.41, 5.74) is 0.887. The highest BCUT2D eigenvalue weighted by atomic mass is 16.5. The fourth-order valence-corrected chi connectivity index (χ4v) is 3.98. The Labute approximate surface area is 148 Å². The molecule has 2 aliphatic rings. The maximum absolute atomic E-state index is 5.65. The molecule has 2 aliphatic heterocycles. The van der Waals surface area contributed by atoms with Crippen molar-refractivity contribution in [1.82, 2.24) is 24.9 Å². The quantitative estimate of drug-likeness (QED) is 0.915. The van der Waals surface area contributed by atoms with Crippen molar-refractivity contribution in [2.45, 2.75) is 37.8 Å². The van der Waals surface area contributed by atoms with Crippen molar-refractivity contribution in [3.8, 4) is 11.4 Å². The lowest BCUT2D eigenvalue weighted by molar-refractivity contribution is 0.0958. The van der Waals surface area contributed by atoms with Gasteiger partial charge in [0, 0.05) is 24.8 Å². The third-order valence-electron chi connectivity index (χ3n) is 5.46. The van der Waals surface area contributed by atoms with Gasteiger partial charge in [0.25, 0.3) is 0 Å². The molecule has 0 saturated carbocycles. The van der Waals surface area contributed by atoms with Gasteiger partial charge >= 0.3 is 0 Å². The fourth-order valence-electron chi connectivity index (χ4n) is 3.98.